The first-order chi connectivity index (χ1) is 20.3. The molecule has 2 aromatic heterocycles. The third kappa shape index (κ3) is 8.08. The highest BCUT2D eigenvalue weighted by Gasteiger charge is 2.48. The van der Waals surface area contributed by atoms with E-state index in [0.29, 0.717) is 17.9 Å². The zero-order valence-corrected chi connectivity index (χ0v) is 26.1. The fourth-order valence-corrected chi connectivity index (χ4v) is 7.67. The molecule has 2 aromatic carbocycles. The van der Waals surface area contributed by atoms with Gasteiger partial charge in [0.2, 0.25) is 0 Å². The molecule has 3 aliphatic heterocycles. The van der Waals surface area contributed by atoms with Crippen LogP contribution in [0.5, 0.6) is 5.19 Å². The smallest absolute Gasteiger partial charge is 0.294 e. The lowest BCUT2D eigenvalue weighted by atomic mass is 9.66. The lowest BCUT2D eigenvalue weighted by Crippen LogP contribution is -2.61. The fraction of sp³-hybridized carbons (Fsp3) is 0.379. The van der Waals surface area contributed by atoms with Crippen molar-refractivity contribution in [1.82, 2.24) is 20.1 Å². The Kier molecular flexibility index (Phi) is 9.34. The molecule has 0 radical (unpaired) electrons. The predicted octanol–water partition coefficient (Wildman–Crippen LogP) is 4.74. The summed E-state index contributed by atoms with van der Waals surface area (Å²) in [6.45, 7) is 7.44. The molecule has 43 heavy (non-hydrogen) atoms. The number of benzene rings is 2. The number of aromatic amines is 1. The predicted molar refractivity (Wildman–Crippen MR) is 162 cm³/mol. The van der Waals surface area contributed by atoms with E-state index in [1.807, 2.05) is 32.4 Å². The molecular formula is C29H34N4O7S3. The molecule has 2 atom stereocenters. The summed E-state index contributed by atoms with van der Waals surface area (Å²) in [6.07, 6.45) is 8.68. The van der Waals surface area contributed by atoms with Crippen LogP contribution < -0.4 is 4.74 Å². The molecule has 3 N–H and O–H groups in total. The Balaban J connectivity index is 0.000000143. The first-order valence-corrected chi connectivity index (χ1v) is 17.5. The highest BCUT2D eigenvalue weighted by molar-refractivity contribution is 7.86. The number of rotatable bonds is 5. The molecule has 0 amide bonds. The molecular weight excluding hydrogens is 613 g/mol. The molecule has 4 aromatic rings. The van der Waals surface area contributed by atoms with Crippen molar-refractivity contribution in [2.45, 2.75) is 42.6 Å². The summed E-state index contributed by atoms with van der Waals surface area (Å²) in [5, 5.41) is 7.65. The summed E-state index contributed by atoms with van der Waals surface area (Å²) < 4.78 is 65.4. The van der Waals surface area contributed by atoms with Crippen LogP contribution in [-0.4, -0.2) is 71.8 Å². The Morgan fingerprint density at radius 2 is 1.37 bits per heavy atom. The van der Waals surface area contributed by atoms with Gasteiger partial charge in [-0.25, -0.2) is 4.98 Å². The van der Waals surface area contributed by atoms with Crippen molar-refractivity contribution in [3.8, 4) is 15.6 Å². The third-order valence-corrected chi connectivity index (χ3v) is 10.5. The lowest BCUT2D eigenvalue weighted by Gasteiger charge is -2.55. The van der Waals surface area contributed by atoms with Gasteiger partial charge in [0.25, 0.3) is 25.4 Å². The van der Waals surface area contributed by atoms with Crippen LogP contribution in [0.1, 0.15) is 24.0 Å². The van der Waals surface area contributed by atoms with Crippen molar-refractivity contribution in [3.63, 3.8) is 0 Å². The van der Waals surface area contributed by atoms with Gasteiger partial charge < -0.3 is 9.64 Å². The number of aromatic nitrogens is 3. The number of hydrogen-bond donors (Lipinski definition) is 3. The SMILES string of the molecule is Cc1ccc(S(=O)(=O)O)cc1.Cc1ccc(S(=O)(=O)O)cc1.c1n[nH]cc1-c1cnc(OC2C3CC4CC2CN(C4)C3)s1. The zero-order valence-electron chi connectivity index (χ0n) is 23.7. The minimum absolute atomic E-state index is 0.0666. The molecule has 4 bridgehead atoms. The zero-order chi connectivity index (χ0) is 30.8. The van der Waals surface area contributed by atoms with E-state index in [2.05, 4.69) is 20.1 Å². The van der Waals surface area contributed by atoms with Gasteiger partial charge in [-0.3, -0.25) is 14.2 Å². The van der Waals surface area contributed by atoms with E-state index < -0.39 is 20.2 Å². The maximum atomic E-state index is 10.5. The molecule has 8 rings (SSSR count). The number of hydrogen-bond acceptors (Lipinski definition) is 9. The second kappa shape index (κ2) is 12.8. The number of ether oxygens (including phenoxy) is 1. The van der Waals surface area contributed by atoms with E-state index in [9.17, 15) is 16.8 Å². The van der Waals surface area contributed by atoms with Gasteiger partial charge in [-0.15, -0.1) is 0 Å². The van der Waals surface area contributed by atoms with E-state index in [-0.39, 0.29) is 9.79 Å². The number of aryl methyl sites for hydroxylation is 2. The molecule has 4 aliphatic rings. The van der Waals surface area contributed by atoms with Gasteiger partial charge in [-0.05, 0) is 56.9 Å². The van der Waals surface area contributed by atoms with Crippen LogP contribution in [0, 0.1) is 31.6 Å². The maximum Gasteiger partial charge on any atom is 0.294 e. The minimum atomic E-state index is -4.02. The Hall–Kier alpha value is -3.14. The summed E-state index contributed by atoms with van der Waals surface area (Å²) in [5.74, 6) is 2.33. The molecule has 14 heteroatoms. The van der Waals surface area contributed by atoms with Gasteiger partial charge in [-0.2, -0.15) is 21.9 Å². The van der Waals surface area contributed by atoms with E-state index in [1.165, 1.54) is 56.7 Å². The van der Waals surface area contributed by atoms with E-state index >= 15 is 0 Å². The Morgan fingerprint density at radius 3 is 1.81 bits per heavy atom. The van der Waals surface area contributed by atoms with Gasteiger partial charge in [-0.1, -0.05) is 46.7 Å². The second-order valence-electron chi connectivity index (χ2n) is 11.2. The normalized spacial score (nSPS) is 24.0. The number of piperidine rings is 3. The van der Waals surface area contributed by atoms with Crippen LogP contribution in [0.15, 0.2) is 76.9 Å². The van der Waals surface area contributed by atoms with Crippen molar-refractivity contribution in [1.29, 1.82) is 0 Å². The number of nitrogens with one attached hydrogen (secondary N) is 1. The number of thiazole rings is 1. The molecule has 1 saturated carbocycles. The van der Waals surface area contributed by atoms with Gasteiger partial charge in [0.15, 0.2) is 0 Å². The first kappa shape index (κ1) is 31.3. The van der Waals surface area contributed by atoms with Crippen molar-refractivity contribution >= 4 is 31.6 Å². The maximum absolute atomic E-state index is 10.5. The summed E-state index contributed by atoms with van der Waals surface area (Å²) in [6, 6.07) is 12.0. The van der Waals surface area contributed by atoms with Gasteiger partial charge >= 0.3 is 0 Å². The molecule has 11 nitrogen and oxygen atoms in total. The molecule has 230 valence electrons. The van der Waals surface area contributed by atoms with Gasteiger partial charge in [0, 0.05) is 49.4 Å². The van der Waals surface area contributed by atoms with Crippen LogP contribution >= 0.6 is 11.3 Å². The van der Waals surface area contributed by atoms with Crippen molar-refractivity contribution in [3.05, 3.63) is 78.2 Å². The van der Waals surface area contributed by atoms with E-state index in [0.717, 1.165) is 32.7 Å². The Morgan fingerprint density at radius 1 is 0.837 bits per heavy atom. The highest BCUT2D eigenvalue weighted by atomic mass is 32.2. The monoisotopic (exact) mass is 646 g/mol. The van der Waals surface area contributed by atoms with Crippen LogP contribution in [0.25, 0.3) is 10.4 Å². The van der Waals surface area contributed by atoms with Crippen molar-refractivity contribution < 1.29 is 30.7 Å². The van der Waals surface area contributed by atoms with Crippen LogP contribution in [0.2, 0.25) is 0 Å². The minimum Gasteiger partial charge on any atom is -0.466 e. The summed E-state index contributed by atoms with van der Waals surface area (Å²) in [4.78, 5) is 8.08. The average Bonchev–Trinajstić information content (AvgIpc) is 3.63. The summed E-state index contributed by atoms with van der Waals surface area (Å²) >= 11 is 1.63. The molecule has 0 spiro atoms. The van der Waals surface area contributed by atoms with Gasteiger partial charge in [0.05, 0.1) is 20.9 Å². The van der Waals surface area contributed by atoms with Crippen molar-refractivity contribution in [2.24, 2.45) is 17.8 Å². The van der Waals surface area contributed by atoms with Crippen LogP contribution in [-0.2, 0) is 20.2 Å². The van der Waals surface area contributed by atoms with Gasteiger partial charge in [0.1, 0.15) is 6.10 Å². The first-order valence-electron chi connectivity index (χ1n) is 13.8. The standard InChI is InChI=1S/C15H18N4OS.2C7H8O3S/c1-9-2-11-8-19(6-9)7-10(1)14(11)20-15-16-5-13(21-15)12-3-17-18-4-12;2*1-6-2-4-7(5-3-6)11(8,9)10/h3-5,9-11,14H,1-2,6-8H2,(H,17,18);2*2-5H,1H3,(H,8,9,10). The molecule has 4 fully saturated rings. The fourth-order valence-electron chi connectivity index (χ4n) is 5.92. The Bertz CT molecular complexity index is 1620. The summed E-state index contributed by atoms with van der Waals surface area (Å²) in [5.41, 5.74) is 2.99. The number of H-pyrrole nitrogens is 1. The largest absolute Gasteiger partial charge is 0.466 e. The topological polar surface area (TPSA) is 163 Å². The lowest BCUT2D eigenvalue weighted by molar-refractivity contribution is -0.0985. The van der Waals surface area contributed by atoms with Crippen LogP contribution in [0.4, 0.5) is 0 Å². The van der Waals surface area contributed by atoms with Crippen molar-refractivity contribution in [2.75, 3.05) is 19.6 Å². The van der Waals surface area contributed by atoms with E-state index in [4.69, 9.17) is 13.8 Å². The molecule has 1 aliphatic carbocycles. The molecule has 5 heterocycles. The molecule has 2 unspecified atom stereocenters. The molecule has 3 saturated heterocycles. The third-order valence-electron chi connectivity index (χ3n) is 7.85. The quantitative estimate of drug-likeness (QED) is 0.258. The number of nitrogens with zero attached hydrogens (tertiary/aromatic N) is 3. The summed E-state index contributed by atoms with van der Waals surface area (Å²) in [7, 11) is -8.04. The van der Waals surface area contributed by atoms with E-state index in [1.54, 1.807) is 35.6 Å². The highest BCUT2D eigenvalue weighted by Crippen LogP contribution is 2.45. The van der Waals surface area contributed by atoms with Crippen LogP contribution in [0.3, 0.4) is 0 Å². The average molecular weight is 647 g/mol. The Labute approximate surface area is 255 Å². The second-order valence-corrected chi connectivity index (χ2v) is 15.0.